The van der Waals surface area contributed by atoms with E-state index in [1.165, 1.54) is 6.26 Å². The van der Waals surface area contributed by atoms with Crippen LogP contribution in [-0.2, 0) is 17.6 Å². The number of aromatic nitrogens is 1. The summed E-state index contributed by atoms with van der Waals surface area (Å²) in [6, 6.07) is 7.65. The summed E-state index contributed by atoms with van der Waals surface area (Å²) in [6.45, 7) is 0. The standard InChI is InChI=1S/C14H15NO4/c1-18-12-5-2-10(3-6-12)8-13-15-11(9-19-13)4-7-14(16)17/h2-3,5-6,9H,4,7-8H2,1H3,(H,16,17). The normalized spacial score (nSPS) is 10.4. The van der Waals surface area contributed by atoms with E-state index >= 15 is 0 Å². The molecule has 5 nitrogen and oxygen atoms in total. The second kappa shape index (κ2) is 6.04. The number of aryl methyl sites for hydroxylation is 1. The largest absolute Gasteiger partial charge is 0.497 e. The van der Waals surface area contributed by atoms with Gasteiger partial charge in [-0.1, -0.05) is 12.1 Å². The molecular weight excluding hydrogens is 246 g/mol. The molecule has 0 radical (unpaired) electrons. The van der Waals surface area contributed by atoms with E-state index in [4.69, 9.17) is 14.3 Å². The van der Waals surface area contributed by atoms with Crippen LogP contribution in [0.3, 0.4) is 0 Å². The summed E-state index contributed by atoms with van der Waals surface area (Å²) in [7, 11) is 1.62. The summed E-state index contributed by atoms with van der Waals surface area (Å²) in [6.07, 6.45) is 2.55. The molecule has 2 rings (SSSR count). The number of hydrogen-bond donors (Lipinski definition) is 1. The Morgan fingerprint density at radius 2 is 2.11 bits per heavy atom. The van der Waals surface area contributed by atoms with Gasteiger partial charge in [0.1, 0.15) is 12.0 Å². The Morgan fingerprint density at radius 1 is 1.37 bits per heavy atom. The molecule has 100 valence electrons. The van der Waals surface area contributed by atoms with Crippen LogP contribution in [0.4, 0.5) is 0 Å². The predicted octanol–water partition coefficient (Wildman–Crippen LogP) is 2.29. The minimum absolute atomic E-state index is 0.0640. The zero-order valence-electron chi connectivity index (χ0n) is 10.6. The SMILES string of the molecule is COc1ccc(Cc2nc(CCC(=O)O)co2)cc1. The zero-order chi connectivity index (χ0) is 13.7. The van der Waals surface area contributed by atoms with Crippen LogP contribution in [0.15, 0.2) is 34.9 Å². The van der Waals surface area contributed by atoms with Crippen molar-refractivity contribution in [2.75, 3.05) is 7.11 Å². The molecule has 1 N–H and O–H groups in total. The quantitative estimate of drug-likeness (QED) is 0.863. The average molecular weight is 261 g/mol. The molecule has 0 aliphatic heterocycles. The van der Waals surface area contributed by atoms with Gasteiger partial charge in [-0.3, -0.25) is 4.79 Å². The molecule has 0 aliphatic rings. The second-order valence-corrected chi connectivity index (χ2v) is 4.15. The first-order valence-electron chi connectivity index (χ1n) is 5.95. The molecule has 0 bridgehead atoms. The molecule has 0 aliphatic carbocycles. The van der Waals surface area contributed by atoms with Gasteiger partial charge in [0.2, 0.25) is 0 Å². The van der Waals surface area contributed by atoms with Gasteiger partial charge in [-0.25, -0.2) is 4.98 Å². The molecule has 0 saturated carbocycles. The first-order valence-corrected chi connectivity index (χ1v) is 5.95. The van der Waals surface area contributed by atoms with Crippen LogP contribution >= 0.6 is 0 Å². The highest BCUT2D eigenvalue weighted by molar-refractivity contribution is 5.66. The molecule has 1 heterocycles. The Morgan fingerprint density at radius 3 is 2.74 bits per heavy atom. The Bertz CT molecular complexity index is 545. The number of hydrogen-bond acceptors (Lipinski definition) is 4. The Labute approximate surface area is 110 Å². The maximum atomic E-state index is 10.5. The molecule has 2 aromatic rings. The third kappa shape index (κ3) is 3.84. The number of carboxylic acid groups (broad SMARTS) is 1. The number of carbonyl (C=O) groups is 1. The van der Waals surface area contributed by atoms with Crippen LogP contribution in [0.1, 0.15) is 23.6 Å². The Balaban J connectivity index is 1.96. The van der Waals surface area contributed by atoms with Crippen LogP contribution in [0.5, 0.6) is 5.75 Å². The van der Waals surface area contributed by atoms with Gasteiger partial charge in [-0.2, -0.15) is 0 Å². The van der Waals surface area contributed by atoms with E-state index < -0.39 is 5.97 Å². The van der Waals surface area contributed by atoms with Crippen LogP contribution < -0.4 is 4.74 Å². The van der Waals surface area contributed by atoms with E-state index in [-0.39, 0.29) is 6.42 Å². The van der Waals surface area contributed by atoms with Crippen molar-refractivity contribution in [2.45, 2.75) is 19.3 Å². The first-order chi connectivity index (χ1) is 9.17. The van der Waals surface area contributed by atoms with Gasteiger partial charge in [-0.05, 0) is 17.7 Å². The molecule has 0 atom stereocenters. The molecule has 0 saturated heterocycles. The summed E-state index contributed by atoms with van der Waals surface area (Å²) < 4.78 is 10.4. The fourth-order valence-corrected chi connectivity index (χ4v) is 1.70. The molecule has 0 unspecified atom stereocenters. The van der Waals surface area contributed by atoms with Crippen molar-refractivity contribution in [1.29, 1.82) is 0 Å². The number of oxazole rings is 1. The molecule has 1 aromatic carbocycles. The lowest BCUT2D eigenvalue weighted by Crippen LogP contribution is -1.98. The van der Waals surface area contributed by atoms with Crippen molar-refractivity contribution in [3.63, 3.8) is 0 Å². The molecule has 1 aromatic heterocycles. The maximum Gasteiger partial charge on any atom is 0.303 e. The van der Waals surface area contributed by atoms with Gasteiger partial charge in [0.15, 0.2) is 5.89 Å². The monoisotopic (exact) mass is 261 g/mol. The minimum atomic E-state index is -0.834. The molecule has 0 amide bonds. The number of ether oxygens (including phenoxy) is 1. The Hall–Kier alpha value is -2.30. The van der Waals surface area contributed by atoms with E-state index in [0.717, 1.165) is 11.3 Å². The summed E-state index contributed by atoms with van der Waals surface area (Å²) in [4.78, 5) is 14.7. The van der Waals surface area contributed by atoms with Gasteiger partial charge in [0, 0.05) is 12.8 Å². The topological polar surface area (TPSA) is 72.6 Å². The molecule has 5 heteroatoms. The highest BCUT2D eigenvalue weighted by atomic mass is 16.5. The maximum absolute atomic E-state index is 10.5. The smallest absolute Gasteiger partial charge is 0.303 e. The van der Waals surface area contributed by atoms with Crippen LogP contribution in [0.2, 0.25) is 0 Å². The molecule has 0 fully saturated rings. The van der Waals surface area contributed by atoms with Crippen molar-refractivity contribution in [3.05, 3.63) is 47.7 Å². The third-order valence-corrected chi connectivity index (χ3v) is 2.71. The van der Waals surface area contributed by atoms with Crippen molar-refractivity contribution in [3.8, 4) is 5.75 Å². The number of benzene rings is 1. The van der Waals surface area contributed by atoms with Crippen molar-refractivity contribution >= 4 is 5.97 Å². The van der Waals surface area contributed by atoms with Crippen LogP contribution in [0.25, 0.3) is 0 Å². The van der Waals surface area contributed by atoms with Gasteiger partial charge in [0.05, 0.1) is 19.2 Å². The number of methoxy groups -OCH3 is 1. The fourth-order valence-electron chi connectivity index (χ4n) is 1.70. The van der Waals surface area contributed by atoms with Crippen LogP contribution in [0, 0.1) is 0 Å². The number of aliphatic carboxylic acids is 1. The lowest BCUT2D eigenvalue weighted by atomic mass is 10.1. The van der Waals surface area contributed by atoms with Crippen molar-refractivity contribution < 1.29 is 19.1 Å². The number of carboxylic acids is 1. The predicted molar refractivity (Wildman–Crippen MR) is 68.3 cm³/mol. The van der Waals surface area contributed by atoms with Gasteiger partial charge >= 0.3 is 5.97 Å². The Kier molecular flexibility index (Phi) is 4.18. The summed E-state index contributed by atoms with van der Waals surface area (Å²) in [5, 5.41) is 8.60. The third-order valence-electron chi connectivity index (χ3n) is 2.71. The van der Waals surface area contributed by atoms with E-state index in [2.05, 4.69) is 4.98 Å². The number of nitrogens with zero attached hydrogens (tertiary/aromatic N) is 1. The molecular formula is C14H15NO4. The average Bonchev–Trinajstić information content (AvgIpc) is 2.85. The van der Waals surface area contributed by atoms with Crippen molar-refractivity contribution in [2.24, 2.45) is 0 Å². The van der Waals surface area contributed by atoms with Crippen LogP contribution in [-0.4, -0.2) is 23.2 Å². The van der Waals surface area contributed by atoms with E-state index in [9.17, 15) is 4.79 Å². The lowest BCUT2D eigenvalue weighted by molar-refractivity contribution is -0.136. The number of rotatable bonds is 6. The minimum Gasteiger partial charge on any atom is -0.497 e. The van der Waals surface area contributed by atoms with Gasteiger partial charge in [0.25, 0.3) is 0 Å². The summed E-state index contributed by atoms with van der Waals surface area (Å²) in [5.74, 6) is 0.559. The summed E-state index contributed by atoms with van der Waals surface area (Å²) >= 11 is 0. The van der Waals surface area contributed by atoms with E-state index in [1.807, 2.05) is 24.3 Å². The summed E-state index contributed by atoms with van der Waals surface area (Å²) in [5.41, 5.74) is 1.73. The van der Waals surface area contributed by atoms with E-state index in [0.29, 0.717) is 24.4 Å². The highest BCUT2D eigenvalue weighted by Crippen LogP contribution is 2.15. The molecule has 0 spiro atoms. The van der Waals surface area contributed by atoms with Gasteiger partial charge in [-0.15, -0.1) is 0 Å². The second-order valence-electron chi connectivity index (χ2n) is 4.15. The molecule has 19 heavy (non-hydrogen) atoms. The van der Waals surface area contributed by atoms with Gasteiger partial charge < -0.3 is 14.3 Å². The van der Waals surface area contributed by atoms with E-state index in [1.54, 1.807) is 7.11 Å². The highest BCUT2D eigenvalue weighted by Gasteiger charge is 2.07. The van der Waals surface area contributed by atoms with Crippen molar-refractivity contribution in [1.82, 2.24) is 4.98 Å². The zero-order valence-corrected chi connectivity index (χ0v) is 10.6. The fraction of sp³-hybridized carbons (Fsp3) is 0.286. The first kappa shape index (κ1) is 13.1. The lowest BCUT2D eigenvalue weighted by Gasteiger charge is -2.00.